The third-order valence-corrected chi connectivity index (χ3v) is 8.25. The first-order chi connectivity index (χ1) is 13.8. The Bertz CT molecular complexity index is 784. The van der Waals surface area contributed by atoms with Crippen LogP contribution in [0.2, 0.25) is 0 Å². The van der Waals surface area contributed by atoms with E-state index in [4.69, 9.17) is 4.74 Å². The second-order valence-electron chi connectivity index (χ2n) is 10.1. The molecule has 5 aliphatic rings. The Kier molecular flexibility index (Phi) is 4.04. The number of para-hydroxylation sites is 1. The molecule has 4 aliphatic carbocycles. The third kappa shape index (κ3) is 2.88. The van der Waals surface area contributed by atoms with Gasteiger partial charge in [-0.3, -0.25) is 4.90 Å². The molecule has 0 aromatic heterocycles. The van der Waals surface area contributed by atoms with E-state index in [1.807, 2.05) is 0 Å². The molecule has 7 rings (SSSR count). The number of hydrogen-bond acceptors (Lipinski definition) is 2. The number of rotatable bonds is 5. The molecule has 146 valence electrons. The van der Waals surface area contributed by atoms with E-state index >= 15 is 0 Å². The predicted octanol–water partition coefficient (Wildman–Crippen LogP) is 5.67. The summed E-state index contributed by atoms with van der Waals surface area (Å²) in [5.41, 5.74) is 3.53. The predicted molar refractivity (Wildman–Crippen MR) is 112 cm³/mol. The minimum absolute atomic E-state index is 0.478. The second kappa shape index (κ2) is 6.62. The number of ether oxygens (including phenoxy) is 1. The van der Waals surface area contributed by atoms with Gasteiger partial charge in [0.15, 0.2) is 0 Å². The van der Waals surface area contributed by atoms with Crippen LogP contribution in [0.15, 0.2) is 54.6 Å². The zero-order valence-corrected chi connectivity index (χ0v) is 16.7. The van der Waals surface area contributed by atoms with Crippen LogP contribution in [0.3, 0.4) is 0 Å². The van der Waals surface area contributed by atoms with Gasteiger partial charge in [-0.25, -0.2) is 0 Å². The van der Waals surface area contributed by atoms with E-state index in [2.05, 4.69) is 59.5 Å². The van der Waals surface area contributed by atoms with E-state index in [1.165, 1.54) is 49.7 Å². The fourth-order valence-corrected chi connectivity index (χ4v) is 7.53. The van der Waals surface area contributed by atoms with Crippen LogP contribution in [-0.4, -0.2) is 17.5 Å². The molecule has 1 atom stereocenters. The van der Waals surface area contributed by atoms with Gasteiger partial charge >= 0.3 is 0 Å². The lowest BCUT2D eigenvalue weighted by Gasteiger charge is -2.60. The maximum atomic E-state index is 6.43. The molecule has 4 bridgehead atoms. The molecular formula is C26H31NO. The number of nitrogens with zero attached hydrogens (tertiary/aromatic N) is 1. The van der Waals surface area contributed by atoms with Crippen LogP contribution in [0.5, 0.6) is 5.75 Å². The van der Waals surface area contributed by atoms with Crippen LogP contribution < -0.4 is 4.74 Å². The lowest BCUT2D eigenvalue weighted by atomic mass is 9.47. The Labute approximate surface area is 168 Å². The Morgan fingerprint density at radius 2 is 1.32 bits per heavy atom. The summed E-state index contributed by atoms with van der Waals surface area (Å²) in [6, 6.07) is 20.0. The molecule has 0 radical (unpaired) electrons. The van der Waals surface area contributed by atoms with Gasteiger partial charge in [-0.1, -0.05) is 42.5 Å². The Hall–Kier alpha value is -1.80. The third-order valence-electron chi connectivity index (χ3n) is 8.25. The van der Waals surface area contributed by atoms with Crippen molar-refractivity contribution in [2.24, 2.45) is 23.2 Å². The Balaban J connectivity index is 1.30. The SMILES string of the molecule is c1ccc(OC[C@H](N2Cc3ccccc3C2)C23CC4CC(CC(C4)C2)C3)cc1. The average Bonchev–Trinajstić information content (AvgIpc) is 3.11. The standard InChI is InChI=1S/C26H31NO/c1-2-8-24(9-3-1)28-18-25(27-16-22-6-4-5-7-23(22)17-27)26-13-19-10-20(14-26)12-21(11-19)15-26/h1-9,19-21,25H,10-18H2/t19?,20?,21?,25-,26?/m0/s1. The van der Waals surface area contributed by atoms with Crippen molar-refractivity contribution in [3.05, 3.63) is 65.7 Å². The van der Waals surface area contributed by atoms with Gasteiger partial charge in [-0.05, 0) is 85.0 Å². The van der Waals surface area contributed by atoms with Gasteiger partial charge in [0.05, 0.1) is 6.04 Å². The van der Waals surface area contributed by atoms with Crippen LogP contribution >= 0.6 is 0 Å². The largest absolute Gasteiger partial charge is 0.492 e. The van der Waals surface area contributed by atoms with E-state index in [0.29, 0.717) is 11.5 Å². The zero-order valence-electron chi connectivity index (χ0n) is 16.7. The second-order valence-corrected chi connectivity index (χ2v) is 10.1. The highest BCUT2D eigenvalue weighted by molar-refractivity contribution is 5.31. The molecule has 0 N–H and O–H groups in total. The minimum atomic E-state index is 0.478. The van der Waals surface area contributed by atoms with Crippen molar-refractivity contribution in [3.63, 3.8) is 0 Å². The normalized spacial score (nSPS) is 34.4. The Morgan fingerprint density at radius 3 is 1.89 bits per heavy atom. The summed E-state index contributed by atoms with van der Waals surface area (Å²) in [5, 5.41) is 0. The van der Waals surface area contributed by atoms with Gasteiger partial charge in [0, 0.05) is 13.1 Å². The summed E-state index contributed by atoms with van der Waals surface area (Å²) >= 11 is 0. The summed E-state index contributed by atoms with van der Waals surface area (Å²) < 4.78 is 6.43. The summed E-state index contributed by atoms with van der Waals surface area (Å²) in [5.74, 6) is 3.97. The number of hydrogen-bond donors (Lipinski definition) is 0. The highest BCUT2D eigenvalue weighted by Crippen LogP contribution is 2.62. The van der Waals surface area contributed by atoms with Crippen molar-refractivity contribution < 1.29 is 4.74 Å². The van der Waals surface area contributed by atoms with E-state index in [1.54, 1.807) is 0 Å². The van der Waals surface area contributed by atoms with Crippen molar-refractivity contribution in [2.75, 3.05) is 6.61 Å². The van der Waals surface area contributed by atoms with Gasteiger partial charge < -0.3 is 4.74 Å². The molecule has 0 unspecified atom stereocenters. The molecule has 1 aliphatic heterocycles. The van der Waals surface area contributed by atoms with Gasteiger partial charge in [-0.2, -0.15) is 0 Å². The first-order valence-corrected chi connectivity index (χ1v) is 11.3. The first-order valence-electron chi connectivity index (χ1n) is 11.3. The highest BCUT2D eigenvalue weighted by atomic mass is 16.5. The monoisotopic (exact) mass is 373 g/mol. The minimum Gasteiger partial charge on any atom is -0.492 e. The molecule has 2 heteroatoms. The van der Waals surface area contributed by atoms with E-state index < -0.39 is 0 Å². The van der Waals surface area contributed by atoms with Crippen molar-refractivity contribution in [2.45, 2.75) is 57.7 Å². The quantitative estimate of drug-likeness (QED) is 0.670. The van der Waals surface area contributed by atoms with Crippen LogP contribution in [0.25, 0.3) is 0 Å². The van der Waals surface area contributed by atoms with Crippen LogP contribution in [0, 0.1) is 23.2 Å². The molecule has 2 aromatic carbocycles. The van der Waals surface area contributed by atoms with Crippen LogP contribution in [0.4, 0.5) is 0 Å². The van der Waals surface area contributed by atoms with Crippen molar-refractivity contribution in [1.29, 1.82) is 0 Å². The van der Waals surface area contributed by atoms with Crippen LogP contribution in [-0.2, 0) is 13.1 Å². The van der Waals surface area contributed by atoms with Crippen molar-refractivity contribution in [1.82, 2.24) is 4.90 Å². The maximum Gasteiger partial charge on any atom is 0.119 e. The molecule has 4 fully saturated rings. The molecule has 2 aromatic rings. The fourth-order valence-electron chi connectivity index (χ4n) is 7.53. The van der Waals surface area contributed by atoms with Crippen LogP contribution in [0.1, 0.15) is 49.7 Å². The Morgan fingerprint density at radius 1 is 0.786 bits per heavy atom. The first kappa shape index (κ1) is 17.1. The summed E-state index contributed by atoms with van der Waals surface area (Å²) in [6.45, 7) is 3.03. The lowest BCUT2D eigenvalue weighted by molar-refractivity contribution is -0.112. The molecule has 0 saturated heterocycles. The summed E-state index contributed by atoms with van der Waals surface area (Å²) in [7, 11) is 0. The van der Waals surface area contributed by atoms with Gasteiger partial charge in [0.2, 0.25) is 0 Å². The lowest BCUT2D eigenvalue weighted by Crippen LogP contribution is -2.57. The molecule has 1 heterocycles. The molecular weight excluding hydrogens is 342 g/mol. The van der Waals surface area contributed by atoms with E-state index in [0.717, 1.165) is 43.2 Å². The summed E-state index contributed by atoms with van der Waals surface area (Å²) in [4.78, 5) is 2.76. The topological polar surface area (TPSA) is 12.5 Å². The molecule has 2 nitrogen and oxygen atoms in total. The molecule has 0 amide bonds. The van der Waals surface area contributed by atoms with E-state index in [9.17, 15) is 0 Å². The van der Waals surface area contributed by atoms with Gasteiger partial charge in [0.1, 0.15) is 12.4 Å². The highest BCUT2D eigenvalue weighted by Gasteiger charge is 2.55. The van der Waals surface area contributed by atoms with Gasteiger partial charge in [0.25, 0.3) is 0 Å². The van der Waals surface area contributed by atoms with Crippen molar-refractivity contribution >= 4 is 0 Å². The van der Waals surface area contributed by atoms with E-state index in [-0.39, 0.29) is 0 Å². The maximum absolute atomic E-state index is 6.43. The average molecular weight is 374 g/mol. The summed E-state index contributed by atoms with van der Waals surface area (Å²) in [6.07, 6.45) is 8.83. The number of fused-ring (bicyclic) bond motifs is 1. The zero-order chi connectivity index (χ0) is 18.6. The molecule has 0 spiro atoms. The smallest absolute Gasteiger partial charge is 0.119 e. The fraction of sp³-hybridized carbons (Fsp3) is 0.538. The van der Waals surface area contributed by atoms with Gasteiger partial charge in [-0.15, -0.1) is 0 Å². The molecule has 4 saturated carbocycles. The number of benzene rings is 2. The molecule has 28 heavy (non-hydrogen) atoms. The van der Waals surface area contributed by atoms with Crippen molar-refractivity contribution in [3.8, 4) is 5.75 Å².